The number of fused-ring (bicyclic) bond motifs is 1. The summed E-state index contributed by atoms with van der Waals surface area (Å²) in [5.41, 5.74) is 3.94. The molecule has 0 spiro atoms. The van der Waals surface area contributed by atoms with Gasteiger partial charge in [-0.25, -0.2) is 0 Å². The molecule has 2 aromatic rings. The van der Waals surface area contributed by atoms with Crippen molar-refractivity contribution in [3.8, 4) is 0 Å². The molecular weight excluding hydrogens is 408 g/mol. The Morgan fingerprint density at radius 3 is 2.74 bits per heavy atom. The van der Waals surface area contributed by atoms with Crippen LogP contribution in [0.2, 0.25) is 0 Å². The molecule has 1 aromatic carbocycles. The standard InChI is InChI=1S/C24H36N4O2S/c1-17(2)15-25-24(31)28(9-5-8-27-10-12-30-13-11-27)16-21-14-20-7-6-18(3)19(4)22(20)26-23(21)29/h6-7,14,17H,5,8-13,15-16H2,1-4H3,(H,25,31)(H,26,29). The third-order valence-electron chi connectivity index (χ3n) is 5.94. The number of aromatic nitrogens is 1. The minimum Gasteiger partial charge on any atom is -0.379 e. The molecule has 1 fully saturated rings. The van der Waals surface area contributed by atoms with E-state index in [0.717, 1.165) is 79.5 Å². The molecule has 31 heavy (non-hydrogen) atoms. The Hall–Kier alpha value is -1.96. The van der Waals surface area contributed by atoms with Crippen LogP contribution in [-0.4, -0.2) is 65.8 Å². The van der Waals surface area contributed by atoms with E-state index in [-0.39, 0.29) is 5.56 Å². The fourth-order valence-corrected chi connectivity index (χ4v) is 4.10. The van der Waals surface area contributed by atoms with Gasteiger partial charge in [0.15, 0.2) is 5.11 Å². The van der Waals surface area contributed by atoms with Gasteiger partial charge in [-0.15, -0.1) is 0 Å². The molecule has 2 heterocycles. The first-order chi connectivity index (χ1) is 14.8. The third kappa shape index (κ3) is 6.51. The maximum Gasteiger partial charge on any atom is 0.253 e. The second-order valence-electron chi connectivity index (χ2n) is 8.90. The molecule has 170 valence electrons. The number of rotatable bonds is 8. The van der Waals surface area contributed by atoms with Crippen LogP contribution in [0.3, 0.4) is 0 Å². The highest BCUT2D eigenvalue weighted by molar-refractivity contribution is 7.80. The summed E-state index contributed by atoms with van der Waals surface area (Å²) in [4.78, 5) is 20.5. The van der Waals surface area contributed by atoms with Crippen molar-refractivity contribution in [2.75, 3.05) is 45.9 Å². The molecule has 0 atom stereocenters. The SMILES string of the molecule is Cc1ccc2cc(CN(CCCN3CCOCC3)C(=S)NCC(C)C)c(=O)[nH]c2c1C. The van der Waals surface area contributed by atoms with Gasteiger partial charge < -0.3 is 19.9 Å². The van der Waals surface area contributed by atoms with Gasteiger partial charge in [0.2, 0.25) is 0 Å². The van der Waals surface area contributed by atoms with Crippen LogP contribution < -0.4 is 10.9 Å². The maximum atomic E-state index is 12.9. The molecule has 0 amide bonds. The van der Waals surface area contributed by atoms with Crippen molar-refractivity contribution in [3.05, 3.63) is 45.2 Å². The lowest BCUT2D eigenvalue weighted by Crippen LogP contribution is -2.43. The van der Waals surface area contributed by atoms with Gasteiger partial charge in [0.25, 0.3) is 5.56 Å². The van der Waals surface area contributed by atoms with E-state index in [4.69, 9.17) is 17.0 Å². The molecule has 6 nitrogen and oxygen atoms in total. The van der Waals surface area contributed by atoms with Crippen molar-refractivity contribution in [1.29, 1.82) is 0 Å². The Labute approximate surface area is 191 Å². The van der Waals surface area contributed by atoms with Crippen LogP contribution in [0.25, 0.3) is 10.9 Å². The zero-order valence-corrected chi connectivity index (χ0v) is 20.1. The molecule has 1 aliphatic heterocycles. The van der Waals surface area contributed by atoms with Crippen molar-refractivity contribution in [2.24, 2.45) is 5.92 Å². The fourth-order valence-electron chi connectivity index (χ4n) is 3.86. The Morgan fingerprint density at radius 2 is 2.03 bits per heavy atom. The highest BCUT2D eigenvalue weighted by atomic mass is 32.1. The summed E-state index contributed by atoms with van der Waals surface area (Å²) in [5.74, 6) is 0.503. The Bertz CT molecular complexity index is 950. The number of aryl methyl sites for hydroxylation is 2. The van der Waals surface area contributed by atoms with Gasteiger partial charge in [0.1, 0.15) is 0 Å². The quantitative estimate of drug-likeness (QED) is 0.610. The van der Waals surface area contributed by atoms with Gasteiger partial charge in [0, 0.05) is 38.3 Å². The Balaban J connectivity index is 1.74. The van der Waals surface area contributed by atoms with Gasteiger partial charge in [0.05, 0.1) is 25.3 Å². The lowest BCUT2D eigenvalue weighted by molar-refractivity contribution is 0.0367. The molecule has 1 aliphatic rings. The molecule has 0 unspecified atom stereocenters. The molecule has 1 aromatic heterocycles. The summed E-state index contributed by atoms with van der Waals surface area (Å²) < 4.78 is 5.44. The Kier molecular flexibility index (Phi) is 8.46. The zero-order chi connectivity index (χ0) is 22.4. The van der Waals surface area contributed by atoms with E-state index in [2.05, 4.69) is 59.9 Å². The number of pyridine rings is 1. The molecular formula is C24H36N4O2S. The normalized spacial score (nSPS) is 14.9. The maximum absolute atomic E-state index is 12.9. The summed E-state index contributed by atoms with van der Waals surface area (Å²) in [6, 6.07) is 6.20. The molecule has 2 N–H and O–H groups in total. The van der Waals surface area contributed by atoms with Gasteiger partial charge in [-0.05, 0) is 61.0 Å². The van der Waals surface area contributed by atoms with E-state index >= 15 is 0 Å². The number of aromatic amines is 1. The number of benzene rings is 1. The topological polar surface area (TPSA) is 60.6 Å². The van der Waals surface area contributed by atoms with Crippen LogP contribution in [0, 0.1) is 19.8 Å². The van der Waals surface area contributed by atoms with E-state index in [1.165, 1.54) is 5.56 Å². The van der Waals surface area contributed by atoms with Crippen molar-refractivity contribution in [2.45, 2.75) is 40.7 Å². The molecule has 0 aliphatic carbocycles. The predicted octanol–water partition coefficient (Wildman–Crippen LogP) is 3.20. The highest BCUT2D eigenvalue weighted by Gasteiger charge is 2.16. The summed E-state index contributed by atoms with van der Waals surface area (Å²) in [6.07, 6.45) is 0.993. The van der Waals surface area contributed by atoms with Crippen molar-refractivity contribution in [3.63, 3.8) is 0 Å². The highest BCUT2D eigenvalue weighted by Crippen LogP contribution is 2.19. The summed E-state index contributed by atoms with van der Waals surface area (Å²) in [7, 11) is 0. The van der Waals surface area contributed by atoms with Gasteiger partial charge >= 0.3 is 0 Å². The van der Waals surface area contributed by atoms with E-state index in [1.807, 2.05) is 6.07 Å². The third-order valence-corrected chi connectivity index (χ3v) is 6.35. The number of hydrogen-bond acceptors (Lipinski definition) is 4. The average molecular weight is 445 g/mol. The smallest absolute Gasteiger partial charge is 0.253 e. The average Bonchev–Trinajstić information content (AvgIpc) is 2.75. The molecule has 0 saturated carbocycles. The van der Waals surface area contributed by atoms with Crippen molar-refractivity contribution in [1.82, 2.24) is 20.1 Å². The van der Waals surface area contributed by atoms with Gasteiger partial charge in [-0.2, -0.15) is 0 Å². The summed E-state index contributed by atoms with van der Waals surface area (Å²) >= 11 is 5.71. The number of morpholine rings is 1. The number of nitrogens with zero attached hydrogens (tertiary/aromatic N) is 2. The van der Waals surface area contributed by atoms with Crippen LogP contribution in [0.4, 0.5) is 0 Å². The summed E-state index contributed by atoms with van der Waals surface area (Å²) in [5, 5.41) is 5.16. The molecule has 0 radical (unpaired) electrons. The first-order valence-electron chi connectivity index (χ1n) is 11.3. The van der Waals surface area contributed by atoms with Crippen molar-refractivity contribution < 1.29 is 4.74 Å². The second kappa shape index (κ2) is 11.1. The number of ether oxygens (including phenoxy) is 1. The minimum absolute atomic E-state index is 0.0361. The molecule has 1 saturated heterocycles. The van der Waals surface area contributed by atoms with Gasteiger partial charge in [-0.1, -0.05) is 26.0 Å². The predicted molar refractivity (Wildman–Crippen MR) is 132 cm³/mol. The molecule has 3 rings (SSSR count). The van der Waals surface area contributed by atoms with Gasteiger partial charge in [-0.3, -0.25) is 9.69 Å². The molecule has 7 heteroatoms. The van der Waals surface area contributed by atoms with Crippen LogP contribution >= 0.6 is 12.2 Å². The van der Waals surface area contributed by atoms with Crippen LogP contribution in [-0.2, 0) is 11.3 Å². The van der Waals surface area contributed by atoms with Crippen LogP contribution in [0.1, 0.15) is 37.0 Å². The monoisotopic (exact) mass is 444 g/mol. The second-order valence-corrected chi connectivity index (χ2v) is 9.29. The minimum atomic E-state index is -0.0361. The number of thiocarbonyl (C=S) groups is 1. The number of hydrogen-bond donors (Lipinski definition) is 2. The van der Waals surface area contributed by atoms with E-state index in [9.17, 15) is 4.79 Å². The van der Waals surface area contributed by atoms with Crippen molar-refractivity contribution >= 4 is 28.2 Å². The first-order valence-corrected chi connectivity index (χ1v) is 11.7. The number of H-pyrrole nitrogens is 1. The first kappa shape index (κ1) is 23.7. The number of nitrogens with one attached hydrogen (secondary N) is 2. The fraction of sp³-hybridized carbons (Fsp3) is 0.583. The molecule has 0 bridgehead atoms. The lowest BCUT2D eigenvalue weighted by atomic mass is 10.0. The van der Waals surface area contributed by atoms with Crippen LogP contribution in [0.5, 0.6) is 0 Å². The lowest BCUT2D eigenvalue weighted by Gasteiger charge is -2.30. The van der Waals surface area contributed by atoms with E-state index in [0.29, 0.717) is 12.5 Å². The van der Waals surface area contributed by atoms with Crippen LogP contribution in [0.15, 0.2) is 23.0 Å². The zero-order valence-electron chi connectivity index (χ0n) is 19.3. The Morgan fingerprint density at radius 1 is 1.29 bits per heavy atom. The van der Waals surface area contributed by atoms with E-state index in [1.54, 1.807) is 0 Å². The van der Waals surface area contributed by atoms with E-state index < -0.39 is 0 Å². The largest absolute Gasteiger partial charge is 0.379 e. The summed E-state index contributed by atoms with van der Waals surface area (Å²) in [6.45, 7) is 15.2.